The number of amides is 5. The van der Waals surface area contributed by atoms with E-state index >= 15 is 0 Å². The number of carbonyl (C=O) groups excluding carboxylic acids is 5. The maximum absolute atomic E-state index is 12.9. The van der Waals surface area contributed by atoms with Gasteiger partial charge < -0.3 is 15.7 Å². The van der Waals surface area contributed by atoms with Crippen LogP contribution in [0.15, 0.2) is 97.1 Å². The van der Waals surface area contributed by atoms with Gasteiger partial charge in [0.25, 0.3) is 23.6 Å². The highest BCUT2D eigenvalue weighted by Crippen LogP contribution is 2.28. The molecule has 4 aromatic carbocycles. The molecule has 0 fully saturated rings. The van der Waals surface area contributed by atoms with Crippen molar-refractivity contribution < 1.29 is 33.9 Å². The average Bonchev–Trinajstić information content (AvgIpc) is 3.23. The monoisotopic (exact) mass is 562 g/mol. The van der Waals surface area contributed by atoms with E-state index in [1.807, 2.05) is 0 Å². The zero-order valence-corrected chi connectivity index (χ0v) is 22.0. The summed E-state index contributed by atoms with van der Waals surface area (Å²) in [4.78, 5) is 74.6. The van der Waals surface area contributed by atoms with Crippen LogP contribution in [0.1, 0.15) is 58.7 Å². The SMILES string of the molecule is CC(=O)N(c1ccc(C(=O)Nc2ccc(C(=O)Nc3ccc(C(=O)O)cc3)cc2)cc1)N1C(=O)c2ccccc2C1=O. The van der Waals surface area contributed by atoms with Crippen LogP contribution in [0.5, 0.6) is 0 Å². The van der Waals surface area contributed by atoms with Gasteiger partial charge in [0.15, 0.2) is 0 Å². The molecular formula is C31H22N4O7. The molecule has 0 aromatic heterocycles. The Labute approximate surface area is 239 Å². The first kappa shape index (κ1) is 27.5. The average molecular weight is 563 g/mol. The molecule has 4 aromatic rings. The summed E-state index contributed by atoms with van der Waals surface area (Å²) in [6.07, 6.45) is 0. The number of hydrogen-bond acceptors (Lipinski definition) is 6. The standard InChI is InChI=1S/C31H22N4O7/c1-18(36)34(35-29(39)25-4-2-3-5-26(25)30(35)40)24-16-10-20(11-17-24)28(38)32-22-12-6-19(7-13-22)27(37)33-23-14-8-21(9-15-23)31(41)42/h2-17H,1H3,(H,32,38)(H,33,37)(H,41,42). The number of nitrogens with zero attached hydrogens (tertiary/aromatic N) is 2. The Hall–Kier alpha value is -6.10. The van der Waals surface area contributed by atoms with E-state index in [2.05, 4.69) is 10.6 Å². The molecule has 0 bridgehead atoms. The van der Waals surface area contributed by atoms with E-state index in [9.17, 15) is 28.8 Å². The minimum atomic E-state index is -1.07. The molecule has 1 heterocycles. The molecule has 1 aliphatic rings. The van der Waals surface area contributed by atoms with Gasteiger partial charge in [0.05, 0.1) is 22.4 Å². The Bertz CT molecular complexity index is 1710. The number of imide groups is 1. The number of anilines is 3. The molecule has 3 N–H and O–H groups in total. The highest BCUT2D eigenvalue weighted by molar-refractivity contribution is 6.24. The lowest BCUT2D eigenvalue weighted by Gasteiger charge is -2.28. The predicted octanol–water partition coefficient (Wildman–Crippen LogP) is 4.45. The van der Waals surface area contributed by atoms with Crippen LogP contribution in [0.3, 0.4) is 0 Å². The van der Waals surface area contributed by atoms with Crippen molar-refractivity contribution in [2.75, 3.05) is 15.6 Å². The summed E-state index contributed by atoms with van der Waals surface area (Å²) in [5, 5.41) is 16.1. The van der Waals surface area contributed by atoms with Gasteiger partial charge in [-0.15, -0.1) is 0 Å². The number of rotatable bonds is 7. The minimum Gasteiger partial charge on any atom is -0.478 e. The van der Waals surface area contributed by atoms with Crippen molar-refractivity contribution in [1.82, 2.24) is 5.01 Å². The zero-order chi connectivity index (χ0) is 30.0. The van der Waals surface area contributed by atoms with Gasteiger partial charge in [0.2, 0.25) is 5.91 Å². The lowest BCUT2D eigenvalue weighted by molar-refractivity contribution is -0.118. The summed E-state index contributed by atoms with van der Waals surface area (Å²) in [6, 6.07) is 24.0. The van der Waals surface area contributed by atoms with Gasteiger partial charge in [0, 0.05) is 29.4 Å². The van der Waals surface area contributed by atoms with Crippen molar-refractivity contribution >= 4 is 52.6 Å². The summed E-state index contributed by atoms with van der Waals surface area (Å²) < 4.78 is 0. The summed E-state index contributed by atoms with van der Waals surface area (Å²) in [5.74, 6) is -3.77. The van der Waals surface area contributed by atoms with Crippen LogP contribution in [0, 0.1) is 0 Å². The summed E-state index contributed by atoms with van der Waals surface area (Å²) in [7, 11) is 0. The largest absolute Gasteiger partial charge is 0.478 e. The van der Waals surface area contributed by atoms with Gasteiger partial charge >= 0.3 is 5.97 Å². The molecule has 5 rings (SSSR count). The number of hydrazine groups is 1. The highest BCUT2D eigenvalue weighted by atomic mass is 16.4. The molecule has 0 aliphatic carbocycles. The van der Waals surface area contributed by atoms with E-state index in [-0.39, 0.29) is 27.9 Å². The van der Waals surface area contributed by atoms with Gasteiger partial charge in [0.1, 0.15) is 0 Å². The molecular weight excluding hydrogens is 540 g/mol. The number of carboxylic acids is 1. The molecule has 5 amide bonds. The van der Waals surface area contributed by atoms with Gasteiger partial charge in [-0.1, -0.05) is 12.1 Å². The van der Waals surface area contributed by atoms with E-state index in [1.165, 1.54) is 79.7 Å². The first-order chi connectivity index (χ1) is 20.1. The Morgan fingerprint density at radius 3 is 1.43 bits per heavy atom. The third-order valence-corrected chi connectivity index (χ3v) is 6.44. The Morgan fingerprint density at radius 2 is 1.02 bits per heavy atom. The molecule has 0 saturated carbocycles. The summed E-state index contributed by atoms with van der Waals surface area (Å²) in [5.41, 5.74) is 2.13. The fourth-order valence-electron chi connectivity index (χ4n) is 4.36. The number of hydrogen-bond donors (Lipinski definition) is 3. The Kier molecular flexibility index (Phi) is 7.31. The Morgan fingerprint density at radius 1 is 0.619 bits per heavy atom. The Balaban J connectivity index is 1.24. The van der Waals surface area contributed by atoms with Crippen molar-refractivity contribution in [1.29, 1.82) is 0 Å². The van der Waals surface area contributed by atoms with Gasteiger partial charge in [-0.25, -0.2) is 9.80 Å². The van der Waals surface area contributed by atoms with Crippen LogP contribution in [0.2, 0.25) is 0 Å². The second-order valence-corrected chi connectivity index (χ2v) is 9.21. The quantitative estimate of drug-likeness (QED) is 0.281. The van der Waals surface area contributed by atoms with E-state index < -0.39 is 35.5 Å². The van der Waals surface area contributed by atoms with Crippen LogP contribution in [-0.2, 0) is 4.79 Å². The molecule has 0 spiro atoms. The fraction of sp³-hybridized carbons (Fsp3) is 0.0323. The number of carbonyl (C=O) groups is 6. The van der Waals surface area contributed by atoms with Crippen molar-refractivity contribution in [3.8, 4) is 0 Å². The number of fused-ring (bicyclic) bond motifs is 1. The molecule has 0 saturated heterocycles. The molecule has 0 radical (unpaired) electrons. The third-order valence-electron chi connectivity index (χ3n) is 6.44. The lowest BCUT2D eigenvalue weighted by Crippen LogP contribution is -2.49. The summed E-state index contributed by atoms with van der Waals surface area (Å²) in [6.45, 7) is 1.23. The molecule has 42 heavy (non-hydrogen) atoms. The molecule has 0 atom stereocenters. The highest BCUT2D eigenvalue weighted by Gasteiger charge is 2.41. The zero-order valence-electron chi connectivity index (χ0n) is 22.0. The van der Waals surface area contributed by atoms with Crippen LogP contribution < -0.4 is 15.6 Å². The van der Waals surface area contributed by atoms with E-state index in [0.29, 0.717) is 16.9 Å². The van der Waals surface area contributed by atoms with Crippen LogP contribution in [0.25, 0.3) is 0 Å². The van der Waals surface area contributed by atoms with Crippen molar-refractivity contribution in [2.24, 2.45) is 0 Å². The molecule has 11 heteroatoms. The van der Waals surface area contributed by atoms with Gasteiger partial charge in [-0.2, -0.15) is 5.01 Å². The molecule has 0 unspecified atom stereocenters. The third kappa shape index (κ3) is 5.34. The second-order valence-electron chi connectivity index (χ2n) is 9.21. The fourth-order valence-corrected chi connectivity index (χ4v) is 4.36. The molecule has 208 valence electrons. The van der Waals surface area contributed by atoms with Crippen molar-refractivity contribution in [3.63, 3.8) is 0 Å². The van der Waals surface area contributed by atoms with Gasteiger partial charge in [-0.05, 0) is 84.9 Å². The predicted molar refractivity (Wildman–Crippen MR) is 152 cm³/mol. The van der Waals surface area contributed by atoms with Crippen LogP contribution in [-0.4, -0.2) is 45.6 Å². The van der Waals surface area contributed by atoms with Gasteiger partial charge in [-0.3, -0.25) is 24.0 Å². The van der Waals surface area contributed by atoms with Crippen LogP contribution in [0.4, 0.5) is 17.1 Å². The first-order valence-electron chi connectivity index (χ1n) is 12.6. The number of benzene rings is 4. The first-order valence-corrected chi connectivity index (χ1v) is 12.6. The van der Waals surface area contributed by atoms with Crippen molar-refractivity contribution in [3.05, 3.63) is 125 Å². The molecule has 1 aliphatic heterocycles. The minimum absolute atomic E-state index is 0.0988. The van der Waals surface area contributed by atoms with Crippen molar-refractivity contribution in [2.45, 2.75) is 6.92 Å². The maximum Gasteiger partial charge on any atom is 0.335 e. The maximum atomic E-state index is 12.9. The van der Waals surface area contributed by atoms with E-state index in [1.54, 1.807) is 24.3 Å². The second kappa shape index (κ2) is 11.2. The topological polar surface area (TPSA) is 153 Å². The lowest BCUT2D eigenvalue weighted by atomic mass is 10.1. The number of nitrogens with one attached hydrogen (secondary N) is 2. The normalized spacial score (nSPS) is 12.0. The number of aromatic carboxylic acids is 1. The molecule has 11 nitrogen and oxygen atoms in total. The smallest absolute Gasteiger partial charge is 0.335 e. The van der Waals surface area contributed by atoms with E-state index in [0.717, 1.165) is 10.0 Å². The van der Waals surface area contributed by atoms with Crippen LogP contribution >= 0.6 is 0 Å². The van der Waals surface area contributed by atoms with E-state index in [4.69, 9.17) is 5.11 Å². The number of carboxylic acid groups (broad SMARTS) is 1. The summed E-state index contributed by atoms with van der Waals surface area (Å²) >= 11 is 0.